The number of carboxylic acids is 3. The molecule has 1 aromatic carbocycles. The molecule has 0 aliphatic carbocycles. The van der Waals surface area contributed by atoms with Crippen LogP contribution in [-0.2, 0) is 30.5 Å². The molecule has 50 heavy (non-hydrogen) atoms. The minimum atomic E-state index is -5.08. The van der Waals surface area contributed by atoms with E-state index >= 15 is 0 Å². The third-order valence-electron chi connectivity index (χ3n) is 7.18. The smallest absolute Gasteiger partial charge is 0.490 e. The van der Waals surface area contributed by atoms with Gasteiger partial charge in [0.1, 0.15) is 5.75 Å². The van der Waals surface area contributed by atoms with E-state index in [0.29, 0.717) is 12.5 Å². The van der Waals surface area contributed by atoms with Crippen molar-refractivity contribution in [3.05, 3.63) is 29.8 Å². The van der Waals surface area contributed by atoms with Gasteiger partial charge in [-0.1, -0.05) is 12.1 Å². The molecule has 3 N–H and O–H groups in total. The molecule has 0 unspecified atom stereocenters. The highest BCUT2D eigenvalue weighted by Crippen LogP contribution is 2.44. The Balaban J connectivity index is 0.000000928. The summed E-state index contributed by atoms with van der Waals surface area (Å²) in [5.41, 5.74) is 0.939. The Bertz CT molecular complexity index is 1170. The third kappa shape index (κ3) is 16.7. The predicted molar refractivity (Wildman–Crippen MR) is 156 cm³/mol. The summed E-state index contributed by atoms with van der Waals surface area (Å²) >= 11 is 0. The van der Waals surface area contributed by atoms with E-state index < -0.39 is 36.4 Å². The number of likely N-dealkylation sites (N-methyl/N-ethyl adjacent to an activating group) is 1. The van der Waals surface area contributed by atoms with Gasteiger partial charge in [0.2, 0.25) is 0 Å². The fourth-order valence-electron chi connectivity index (χ4n) is 4.87. The molecule has 2 atom stereocenters. The van der Waals surface area contributed by atoms with Gasteiger partial charge in [-0.05, 0) is 58.1 Å². The zero-order valence-corrected chi connectivity index (χ0v) is 27.5. The Kier molecular flexibility index (Phi) is 18.6. The van der Waals surface area contributed by atoms with Crippen molar-refractivity contribution in [3.8, 4) is 5.75 Å². The standard InChI is InChI=1S/C23H37N3O3.3C2HF3O2/c1-5-29-22(27)23-11-6-12-25(15-19-7-9-21(28-4)10-8-19)16-20(23)17-26(18-23)14-13-24(2)3;3*3-2(4,5)1(6)7/h7-10,20H,5-6,11-18H2,1-4H3;3*(H,6,7)/t20-,23-;;;/m0.../s1. The summed E-state index contributed by atoms with van der Waals surface area (Å²) in [6.07, 6.45) is -13.3. The lowest BCUT2D eigenvalue weighted by atomic mass is 9.75. The molecule has 0 amide bonds. The summed E-state index contributed by atoms with van der Waals surface area (Å²) in [5.74, 6) is -7.04. The predicted octanol–water partition coefficient (Wildman–Crippen LogP) is 4.23. The van der Waals surface area contributed by atoms with Gasteiger partial charge in [-0.25, -0.2) is 14.4 Å². The fourth-order valence-corrected chi connectivity index (χ4v) is 4.87. The van der Waals surface area contributed by atoms with Crippen LogP contribution >= 0.6 is 0 Å². The topological polar surface area (TPSA) is 157 Å². The number of fused-ring (bicyclic) bond motifs is 1. The molecule has 3 rings (SSSR count). The molecule has 2 aliphatic rings. The van der Waals surface area contributed by atoms with Crippen LogP contribution < -0.4 is 4.74 Å². The monoisotopic (exact) mass is 745 g/mol. The summed E-state index contributed by atoms with van der Waals surface area (Å²) in [7, 11) is 5.90. The summed E-state index contributed by atoms with van der Waals surface area (Å²) in [6.45, 7) is 9.09. The molecule has 2 fully saturated rings. The number of nitrogens with zero attached hydrogens (tertiary/aromatic N) is 3. The number of likely N-dealkylation sites (tertiary alicyclic amines) is 2. The van der Waals surface area contributed by atoms with E-state index in [-0.39, 0.29) is 11.4 Å². The second kappa shape index (κ2) is 20.1. The number of hydrogen-bond acceptors (Lipinski definition) is 9. The maximum atomic E-state index is 13.1. The highest BCUT2D eigenvalue weighted by molar-refractivity contribution is 5.78. The summed E-state index contributed by atoms with van der Waals surface area (Å²) in [6, 6.07) is 8.32. The number of alkyl halides is 9. The Hall–Kier alpha value is -3.85. The number of rotatable bonds is 8. The first-order chi connectivity index (χ1) is 22.8. The van der Waals surface area contributed by atoms with Gasteiger partial charge >= 0.3 is 42.4 Å². The first-order valence-corrected chi connectivity index (χ1v) is 14.6. The molecule has 12 nitrogen and oxygen atoms in total. The van der Waals surface area contributed by atoms with E-state index in [9.17, 15) is 44.3 Å². The average Bonchev–Trinajstić information content (AvgIpc) is 3.24. The summed E-state index contributed by atoms with van der Waals surface area (Å²) in [5, 5.41) is 21.4. The van der Waals surface area contributed by atoms with Crippen molar-refractivity contribution in [2.24, 2.45) is 11.3 Å². The molecule has 2 heterocycles. The Morgan fingerprint density at radius 2 is 1.28 bits per heavy atom. The number of esters is 1. The highest BCUT2D eigenvalue weighted by atomic mass is 19.4. The van der Waals surface area contributed by atoms with Gasteiger partial charge in [-0.2, -0.15) is 39.5 Å². The van der Waals surface area contributed by atoms with Crippen LogP contribution in [0, 0.1) is 11.3 Å². The number of methoxy groups -OCH3 is 1. The summed E-state index contributed by atoms with van der Waals surface area (Å²) < 4.78 is 106. The van der Waals surface area contributed by atoms with E-state index in [4.69, 9.17) is 39.2 Å². The van der Waals surface area contributed by atoms with Crippen molar-refractivity contribution in [1.29, 1.82) is 0 Å². The van der Waals surface area contributed by atoms with Gasteiger partial charge in [0.15, 0.2) is 0 Å². The Morgan fingerprint density at radius 1 is 0.840 bits per heavy atom. The molecule has 0 spiro atoms. The number of carbonyl (C=O) groups is 4. The maximum absolute atomic E-state index is 13.1. The Morgan fingerprint density at radius 3 is 1.66 bits per heavy atom. The van der Waals surface area contributed by atoms with Gasteiger partial charge in [0.25, 0.3) is 0 Å². The van der Waals surface area contributed by atoms with Crippen molar-refractivity contribution in [3.63, 3.8) is 0 Å². The van der Waals surface area contributed by atoms with Crippen LogP contribution in [0.2, 0.25) is 0 Å². The van der Waals surface area contributed by atoms with Crippen LogP contribution in [0.5, 0.6) is 5.75 Å². The van der Waals surface area contributed by atoms with Gasteiger partial charge in [-0.3, -0.25) is 9.69 Å². The van der Waals surface area contributed by atoms with E-state index in [2.05, 4.69) is 40.9 Å². The van der Waals surface area contributed by atoms with Crippen LogP contribution in [0.25, 0.3) is 0 Å². The fraction of sp³-hybridized carbons (Fsp3) is 0.655. The van der Waals surface area contributed by atoms with Crippen molar-refractivity contribution < 1.29 is 83.5 Å². The lowest BCUT2D eigenvalue weighted by Gasteiger charge is -2.31. The van der Waals surface area contributed by atoms with Crippen LogP contribution in [0.1, 0.15) is 25.3 Å². The molecule has 2 aliphatic heterocycles. The average molecular weight is 746 g/mol. The van der Waals surface area contributed by atoms with Crippen molar-refractivity contribution in [1.82, 2.24) is 14.7 Å². The molecule has 2 saturated heterocycles. The highest BCUT2D eigenvalue weighted by Gasteiger charge is 2.53. The van der Waals surface area contributed by atoms with E-state index in [1.54, 1.807) is 7.11 Å². The number of aliphatic carboxylic acids is 3. The Labute approximate surface area is 281 Å². The first kappa shape index (κ1) is 46.1. The van der Waals surface area contributed by atoms with Crippen LogP contribution in [0.4, 0.5) is 39.5 Å². The van der Waals surface area contributed by atoms with E-state index in [1.165, 1.54) is 5.56 Å². The van der Waals surface area contributed by atoms with Crippen LogP contribution in [-0.4, -0.2) is 140 Å². The molecule has 21 heteroatoms. The van der Waals surface area contributed by atoms with Crippen molar-refractivity contribution in [2.45, 2.75) is 44.8 Å². The normalized spacial score (nSPS) is 19.6. The molecule has 0 bridgehead atoms. The van der Waals surface area contributed by atoms with Gasteiger partial charge in [0.05, 0.1) is 19.1 Å². The number of carboxylic acid groups (broad SMARTS) is 3. The van der Waals surface area contributed by atoms with Gasteiger partial charge < -0.3 is 34.6 Å². The zero-order valence-electron chi connectivity index (χ0n) is 27.5. The molecular weight excluding hydrogens is 705 g/mol. The molecule has 0 aromatic heterocycles. The van der Waals surface area contributed by atoms with Crippen LogP contribution in [0.15, 0.2) is 24.3 Å². The number of hydrogen-bond donors (Lipinski definition) is 3. The number of benzene rings is 1. The van der Waals surface area contributed by atoms with Gasteiger partial charge in [0, 0.05) is 45.2 Å². The lowest BCUT2D eigenvalue weighted by molar-refractivity contribution is -0.193. The molecular formula is C29H40F9N3O9. The number of carbonyl (C=O) groups excluding carboxylic acids is 1. The minimum Gasteiger partial charge on any atom is -0.497 e. The van der Waals surface area contributed by atoms with E-state index in [1.807, 2.05) is 19.1 Å². The third-order valence-corrected chi connectivity index (χ3v) is 7.18. The van der Waals surface area contributed by atoms with Crippen LogP contribution in [0.3, 0.4) is 0 Å². The molecule has 0 radical (unpaired) electrons. The SMILES string of the molecule is CCOC(=O)[C@]12CCCN(Cc3ccc(OC)cc3)C[C@H]1CN(CCN(C)C)C2.O=C(O)C(F)(F)F.O=C(O)C(F)(F)F.O=C(O)C(F)(F)F. The largest absolute Gasteiger partial charge is 0.497 e. The van der Waals surface area contributed by atoms with Crippen molar-refractivity contribution in [2.75, 3.05) is 67.1 Å². The second-order valence-electron chi connectivity index (χ2n) is 11.2. The van der Waals surface area contributed by atoms with Crippen molar-refractivity contribution >= 4 is 23.9 Å². The molecule has 1 aromatic rings. The maximum Gasteiger partial charge on any atom is 0.490 e. The first-order valence-electron chi connectivity index (χ1n) is 14.6. The van der Waals surface area contributed by atoms with Gasteiger partial charge in [-0.15, -0.1) is 0 Å². The molecule has 0 saturated carbocycles. The number of ether oxygens (including phenoxy) is 2. The number of halogens is 9. The second-order valence-corrected chi connectivity index (χ2v) is 11.2. The minimum absolute atomic E-state index is 0.0173. The molecule has 288 valence electrons. The van der Waals surface area contributed by atoms with E-state index in [0.717, 1.165) is 64.4 Å². The quantitative estimate of drug-likeness (QED) is 0.258. The zero-order chi connectivity index (χ0) is 39.1. The lowest BCUT2D eigenvalue weighted by Crippen LogP contribution is -2.42. The summed E-state index contributed by atoms with van der Waals surface area (Å²) in [4.78, 5) is 47.0.